The van der Waals surface area contributed by atoms with Crippen LogP contribution in [0.1, 0.15) is 5.56 Å². The van der Waals surface area contributed by atoms with Gasteiger partial charge in [0.1, 0.15) is 18.2 Å². The van der Waals surface area contributed by atoms with Crippen molar-refractivity contribution in [2.24, 2.45) is 0 Å². The molecule has 0 aliphatic rings. The summed E-state index contributed by atoms with van der Waals surface area (Å²) in [6.45, 7) is 0.377. The Morgan fingerprint density at radius 3 is 2.50 bits per heavy atom. The zero-order chi connectivity index (χ0) is 15.4. The summed E-state index contributed by atoms with van der Waals surface area (Å²) >= 11 is 0. The van der Waals surface area contributed by atoms with Crippen LogP contribution in [0.15, 0.2) is 71.5 Å². The Kier molecular flexibility index (Phi) is 4.01. The van der Waals surface area contributed by atoms with Crippen molar-refractivity contribution in [2.75, 3.05) is 0 Å². The van der Waals surface area contributed by atoms with Crippen LogP contribution < -0.4 is 10.3 Å². The van der Waals surface area contributed by atoms with Crippen molar-refractivity contribution in [3.63, 3.8) is 0 Å². The van der Waals surface area contributed by atoms with Crippen molar-refractivity contribution in [3.05, 3.63) is 88.5 Å². The second-order valence-electron chi connectivity index (χ2n) is 4.84. The molecule has 1 aromatic heterocycles. The fraction of sp³-hybridized carbons (Fsp3) is 0.0556. The standard InChI is InChI=1S/C18H14FNO2/c19-16-11-14(22-12-13-5-2-1-3-6-13)9-10-15(16)17-7-4-8-18(21)20-17/h1-11H,12H2,(H,20,21). The second-order valence-corrected chi connectivity index (χ2v) is 4.84. The van der Waals surface area contributed by atoms with Gasteiger partial charge in [0.05, 0.1) is 5.69 Å². The van der Waals surface area contributed by atoms with Crippen molar-refractivity contribution >= 4 is 0 Å². The molecule has 0 radical (unpaired) electrons. The summed E-state index contributed by atoms with van der Waals surface area (Å²) in [6, 6.07) is 18.9. The first kappa shape index (κ1) is 14.1. The van der Waals surface area contributed by atoms with Crippen LogP contribution in [0.2, 0.25) is 0 Å². The highest BCUT2D eigenvalue weighted by atomic mass is 19.1. The van der Waals surface area contributed by atoms with Crippen molar-refractivity contribution in [2.45, 2.75) is 6.61 Å². The fourth-order valence-electron chi connectivity index (χ4n) is 2.15. The van der Waals surface area contributed by atoms with E-state index in [1.165, 1.54) is 12.1 Å². The van der Waals surface area contributed by atoms with Crippen molar-refractivity contribution in [1.29, 1.82) is 0 Å². The van der Waals surface area contributed by atoms with E-state index in [-0.39, 0.29) is 5.56 Å². The number of H-pyrrole nitrogens is 1. The Bertz CT molecular complexity index is 828. The molecule has 0 amide bonds. The third-order valence-corrected chi connectivity index (χ3v) is 3.25. The maximum absolute atomic E-state index is 14.2. The van der Waals surface area contributed by atoms with E-state index < -0.39 is 5.82 Å². The largest absolute Gasteiger partial charge is 0.489 e. The Labute approximate surface area is 127 Å². The van der Waals surface area contributed by atoms with E-state index in [9.17, 15) is 9.18 Å². The molecule has 3 nitrogen and oxygen atoms in total. The fourth-order valence-corrected chi connectivity index (χ4v) is 2.15. The monoisotopic (exact) mass is 295 g/mol. The van der Waals surface area contributed by atoms with Crippen LogP contribution >= 0.6 is 0 Å². The Morgan fingerprint density at radius 1 is 0.955 bits per heavy atom. The van der Waals surface area contributed by atoms with Gasteiger partial charge in [-0.25, -0.2) is 4.39 Å². The molecule has 22 heavy (non-hydrogen) atoms. The molecule has 3 aromatic rings. The maximum Gasteiger partial charge on any atom is 0.248 e. The number of hydrogen-bond donors (Lipinski definition) is 1. The molecule has 3 rings (SSSR count). The van der Waals surface area contributed by atoms with Crippen LogP contribution in [0.3, 0.4) is 0 Å². The van der Waals surface area contributed by atoms with Gasteiger partial charge in [-0.1, -0.05) is 36.4 Å². The highest BCUT2D eigenvalue weighted by Gasteiger charge is 2.07. The van der Waals surface area contributed by atoms with Crippen molar-refractivity contribution in [1.82, 2.24) is 4.98 Å². The van der Waals surface area contributed by atoms with Gasteiger partial charge < -0.3 is 9.72 Å². The highest BCUT2D eigenvalue weighted by molar-refractivity contribution is 5.60. The zero-order valence-corrected chi connectivity index (χ0v) is 11.8. The van der Waals surface area contributed by atoms with E-state index in [1.807, 2.05) is 30.3 Å². The number of pyridine rings is 1. The third kappa shape index (κ3) is 3.23. The van der Waals surface area contributed by atoms with Gasteiger partial charge in [-0.2, -0.15) is 0 Å². The number of ether oxygens (including phenoxy) is 1. The van der Waals surface area contributed by atoms with E-state index >= 15 is 0 Å². The summed E-state index contributed by atoms with van der Waals surface area (Å²) in [6.07, 6.45) is 0. The lowest BCUT2D eigenvalue weighted by molar-refractivity contribution is 0.304. The van der Waals surface area contributed by atoms with Gasteiger partial charge in [0.15, 0.2) is 0 Å². The number of hydrogen-bond acceptors (Lipinski definition) is 2. The van der Waals surface area contributed by atoms with Crippen LogP contribution in [0.4, 0.5) is 4.39 Å². The van der Waals surface area contributed by atoms with Crippen molar-refractivity contribution < 1.29 is 9.13 Å². The van der Waals surface area contributed by atoms with Crippen LogP contribution in [0.5, 0.6) is 5.75 Å². The molecule has 0 bridgehead atoms. The molecule has 0 unspecified atom stereocenters. The summed E-state index contributed by atoms with van der Waals surface area (Å²) in [5, 5.41) is 0. The minimum atomic E-state index is -0.438. The first-order valence-corrected chi connectivity index (χ1v) is 6.88. The maximum atomic E-state index is 14.2. The smallest absolute Gasteiger partial charge is 0.248 e. The summed E-state index contributed by atoms with van der Waals surface area (Å²) in [4.78, 5) is 13.9. The highest BCUT2D eigenvalue weighted by Crippen LogP contribution is 2.24. The number of aromatic nitrogens is 1. The molecule has 110 valence electrons. The molecule has 0 spiro atoms. The summed E-state index contributed by atoms with van der Waals surface area (Å²) in [5.41, 5.74) is 1.53. The number of rotatable bonds is 4. The molecule has 0 aliphatic carbocycles. The van der Waals surface area contributed by atoms with Gasteiger partial charge >= 0.3 is 0 Å². The van der Waals surface area contributed by atoms with Crippen LogP contribution in [0.25, 0.3) is 11.3 Å². The average molecular weight is 295 g/mol. The Morgan fingerprint density at radius 2 is 1.77 bits per heavy atom. The van der Waals surface area contributed by atoms with Gasteiger partial charge in [0.25, 0.3) is 0 Å². The van der Waals surface area contributed by atoms with E-state index in [0.717, 1.165) is 5.56 Å². The lowest BCUT2D eigenvalue weighted by Crippen LogP contribution is -2.04. The Balaban J connectivity index is 1.79. The van der Waals surface area contributed by atoms with Crippen LogP contribution in [-0.2, 0) is 6.61 Å². The molecule has 2 aromatic carbocycles. The van der Waals surface area contributed by atoms with Crippen LogP contribution in [-0.4, -0.2) is 4.98 Å². The number of aromatic amines is 1. The van der Waals surface area contributed by atoms with E-state index in [1.54, 1.807) is 24.3 Å². The summed E-state index contributed by atoms with van der Waals surface area (Å²) in [7, 11) is 0. The van der Waals surface area contributed by atoms with E-state index in [4.69, 9.17) is 4.74 Å². The quantitative estimate of drug-likeness (QED) is 0.796. The van der Waals surface area contributed by atoms with Crippen molar-refractivity contribution in [3.8, 4) is 17.0 Å². The number of halogens is 1. The number of benzene rings is 2. The topological polar surface area (TPSA) is 42.1 Å². The minimum Gasteiger partial charge on any atom is -0.489 e. The Hall–Kier alpha value is -2.88. The van der Waals surface area contributed by atoms with Crippen LogP contribution in [0, 0.1) is 5.82 Å². The zero-order valence-electron chi connectivity index (χ0n) is 11.8. The predicted octanol–water partition coefficient (Wildman–Crippen LogP) is 3.76. The molecule has 0 aliphatic heterocycles. The molecule has 0 fully saturated rings. The lowest BCUT2D eigenvalue weighted by atomic mass is 10.1. The summed E-state index contributed by atoms with van der Waals surface area (Å²) in [5.74, 6) is 0.00999. The molecule has 1 N–H and O–H groups in total. The van der Waals surface area contributed by atoms with Gasteiger partial charge in [0.2, 0.25) is 5.56 Å². The van der Waals surface area contributed by atoms with E-state index in [2.05, 4.69) is 4.98 Å². The lowest BCUT2D eigenvalue weighted by Gasteiger charge is -2.08. The van der Waals surface area contributed by atoms with Gasteiger partial charge in [0, 0.05) is 17.7 Å². The average Bonchev–Trinajstić information content (AvgIpc) is 2.54. The number of nitrogens with one attached hydrogen (secondary N) is 1. The predicted molar refractivity (Wildman–Crippen MR) is 83.2 cm³/mol. The molecular weight excluding hydrogens is 281 g/mol. The van der Waals surface area contributed by atoms with Gasteiger partial charge in [-0.3, -0.25) is 4.79 Å². The molecule has 0 saturated carbocycles. The SMILES string of the molecule is O=c1cccc(-c2ccc(OCc3ccccc3)cc2F)[nH]1. The van der Waals surface area contributed by atoms with Gasteiger partial charge in [-0.15, -0.1) is 0 Å². The summed E-state index contributed by atoms with van der Waals surface area (Å²) < 4.78 is 19.8. The van der Waals surface area contributed by atoms with Gasteiger partial charge in [-0.05, 0) is 23.8 Å². The molecule has 0 saturated heterocycles. The molecule has 1 heterocycles. The van der Waals surface area contributed by atoms with E-state index in [0.29, 0.717) is 23.6 Å². The second kappa shape index (κ2) is 6.26. The molecule has 4 heteroatoms. The molecular formula is C18H14FNO2. The normalized spacial score (nSPS) is 10.4. The molecule has 0 atom stereocenters. The third-order valence-electron chi connectivity index (χ3n) is 3.25. The first-order valence-electron chi connectivity index (χ1n) is 6.88. The minimum absolute atomic E-state index is 0.263. The first-order chi connectivity index (χ1) is 10.7.